The lowest BCUT2D eigenvalue weighted by atomic mass is 10.0. The summed E-state index contributed by atoms with van der Waals surface area (Å²) in [5, 5.41) is 3.44. The van der Waals surface area contributed by atoms with Gasteiger partial charge >= 0.3 is 0 Å². The van der Waals surface area contributed by atoms with Gasteiger partial charge in [0.25, 0.3) is 0 Å². The highest BCUT2D eigenvalue weighted by atomic mass is 16.5. The van der Waals surface area contributed by atoms with Crippen LogP contribution in [0.3, 0.4) is 0 Å². The molecule has 2 unspecified atom stereocenters. The number of likely N-dealkylation sites (N-methyl/N-ethyl adjacent to an activating group) is 1. The van der Waals surface area contributed by atoms with Gasteiger partial charge in [0, 0.05) is 7.11 Å². The average Bonchev–Trinajstić information content (AvgIpc) is 2.37. The topological polar surface area (TPSA) is 30.5 Å². The number of hydrogen-bond donors (Lipinski definition) is 1. The Bertz CT molecular complexity index is 311. The second-order valence-electron chi connectivity index (χ2n) is 3.98. The minimum absolute atomic E-state index is 0.146. The van der Waals surface area contributed by atoms with Crippen LogP contribution < -0.4 is 10.1 Å². The van der Waals surface area contributed by atoms with Crippen LogP contribution in [0.5, 0.6) is 5.75 Å². The average molecular weight is 237 g/mol. The van der Waals surface area contributed by atoms with Crippen molar-refractivity contribution in [3.63, 3.8) is 0 Å². The Morgan fingerprint density at radius 1 is 1.18 bits per heavy atom. The van der Waals surface area contributed by atoms with E-state index in [1.165, 1.54) is 5.56 Å². The summed E-state index contributed by atoms with van der Waals surface area (Å²) in [6, 6.07) is 8.42. The zero-order valence-electron chi connectivity index (χ0n) is 11.2. The number of rotatable bonds is 7. The summed E-state index contributed by atoms with van der Waals surface area (Å²) in [4.78, 5) is 0. The van der Waals surface area contributed by atoms with E-state index < -0.39 is 0 Å². The van der Waals surface area contributed by atoms with Crippen molar-refractivity contribution in [2.45, 2.75) is 32.9 Å². The SMILES string of the molecule is CCNC(c1ccc(OCC)cc1)C(C)OC. The highest BCUT2D eigenvalue weighted by molar-refractivity contribution is 5.29. The summed E-state index contributed by atoms with van der Waals surface area (Å²) >= 11 is 0. The summed E-state index contributed by atoms with van der Waals surface area (Å²) in [5.41, 5.74) is 1.23. The number of nitrogens with one attached hydrogen (secondary N) is 1. The van der Waals surface area contributed by atoms with Crippen LogP contribution in [0, 0.1) is 0 Å². The summed E-state index contributed by atoms with van der Waals surface area (Å²) in [7, 11) is 1.74. The number of benzene rings is 1. The van der Waals surface area contributed by atoms with Crippen molar-refractivity contribution in [3.8, 4) is 5.75 Å². The lowest BCUT2D eigenvalue weighted by molar-refractivity contribution is 0.0835. The summed E-state index contributed by atoms with van der Waals surface area (Å²) in [5.74, 6) is 0.913. The zero-order chi connectivity index (χ0) is 12.7. The van der Waals surface area contributed by atoms with Crippen molar-refractivity contribution in [2.24, 2.45) is 0 Å². The van der Waals surface area contributed by atoms with E-state index in [0.717, 1.165) is 12.3 Å². The molecule has 0 heterocycles. The van der Waals surface area contributed by atoms with Gasteiger partial charge in [-0.05, 0) is 38.1 Å². The van der Waals surface area contributed by atoms with Crippen LogP contribution in [0.4, 0.5) is 0 Å². The van der Waals surface area contributed by atoms with Crippen LogP contribution in [-0.4, -0.2) is 26.4 Å². The van der Waals surface area contributed by atoms with Crippen molar-refractivity contribution in [3.05, 3.63) is 29.8 Å². The van der Waals surface area contributed by atoms with Gasteiger partial charge in [-0.25, -0.2) is 0 Å². The zero-order valence-corrected chi connectivity index (χ0v) is 11.2. The van der Waals surface area contributed by atoms with Crippen LogP contribution in [0.15, 0.2) is 24.3 Å². The van der Waals surface area contributed by atoms with Crippen molar-refractivity contribution < 1.29 is 9.47 Å². The lowest BCUT2D eigenvalue weighted by Crippen LogP contribution is -2.31. The molecule has 0 saturated carbocycles. The molecule has 3 nitrogen and oxygen atoms in total. The van der Waals surface area contributed by atoms with Gasteiger partial charge in [0.05, 0.1) is 18.8 Å². The minimum Gasteiger partial charge on any atom is -0.494 e. The Morgan fingerprint density at radius 2 is 1.82 bits per heavy atom. The Labute approximate surface area is 104 Å². The number of hydrogen-bond acceptors (Lipinski definition) is 3. The molecular weight excluding hydrogens is 214 g/mol. The second kappa shape index (κ2) is 7.30. The molecule has 0 bridgehead atoms. The van der Waals surface area contributed by atoms with Crippen LogP contribution in [0.1, 0.15) is 32.4 Å². The van der Waals surface area contributed by atoms with E-state index in [4.69, 9.17) is 9.47 Å². The molecule has 1 aromatic rings. The van der Waals surface area contributed by atoms with Gasteiger partial charge in [0.15, 0.2) is 0 Å². The molecule has 1 N–H and O–H groups in total. The van der Waals surface area contributed by atoms with Crippen LogP contribution in [0.25, 0.3) is 0 Å². The highest BCUT2D eigenvalue weighted by Gasteiger charge is 2.17. The van der Waals surface area contributed by atoms with E-state index in [9.17, 15) is 0 Å². The Balaban J connectivity index is 2.79. The Morgan fingerprint density at radius 3 is 2.29 bits per heavy atom. The lowest BCUT2D eigenvalue weighted by Gasteiger charge is -2.24. The van der Waals surface area contributed by atoms with Crippen molar-refractivity contribution in [1.82, 2.24) is 5.32 Å². The van der Waals surface area contributed by atoms with Crippen LogP contribution in [0.2, 0.25) is 0 Å². The third kappa shape index (κ3) is 4.02. The number of methoxy groups -OCH3 is 1. The number of ether oxygens (including phenoxy) is 2. The van der Waals surface area contributed by atoms with E-state index in [2.05, 4.69) is 31.3 Å². The second-order valence-corrected chi connectivity index (χ2v) is 3.98. The molecule has 0 fully saturated rings. The van der Waals surface area contributed by atoms with Crippen LogP contribution >= 0.6 is 0 Å². The van der Waals surface area contributed by atoms with Crippen molar-refractivity contribution in [2.75, 3.05) is 20.3 Å². The van der Waals surface area contributed by atoms with Gasteiger partial charge in [-0.3, -0.25) is 0 Å². The molecule has 0 aromatic heterocycles. The van der Waals surface area contributed by atoms with Gasteiger partial charge in [-0.1, -0.05) is 19.1 Å². The third-order valence-electron chi connectivity index (χ3n) is 2.82. The van der Waals surface area contributed by atoms with E-state index in [1.807, 2.05) is 19.1 Å². The molecule has 96 valence electrons. The standard InChI is InChI=1S/C14H23NO2/c1-5-15-14(11(3)16-4)12-7-9-13(10-8-12)17-6-2/h7-11,14-15H,5-6H2,1-4H3. The molecule has 0 aliphatic heterocycles. The fraction of sp³-hybridized carbons (Fsp3) is 0.571. The maximum absolute atomic E-state index is 5.44. The molecule has 0 aliphatic carbocycles. The smallest absolute Gasteiger partial charge is 0.119 e. The van der Waals surface area contributed by atoms with Gasteiger partial charge in [0.2, 0.25) is 0 Å². The molecule has 17 heavy (non-hydrogen) atoms. The first-order chi connectivity index (χ1) is 8.22. The Hall–Kier alpha value is -1.06. The molecule has 0 amide bonds. The van der Waals surface area contributed by atoms with Gasteiger partial charge in [-0.2, -0.15) is 0 Å². The molecular formula is C14H23NO2. The van der Waals surface area contributed by atoms with E-state index in [1.54, 1.807) is 7.11 Å². The minimum atomic E-state index is 0.146. The molecule has 0 spiro atoms. The molecule has 0 radical (unpaired) electrons. The quantitative estimate of drug-likeness (QED) is 0.791. The van der Waals surface area contributed by atoms with Crippen molar-refractivity contribution in [1.29, 1.82) is 0 Å². The first-order valence-corrected chi connectivity index (χ1v) is 6.21. The molecule has 2 atom stereocenters. The largest absolute Gasteiger partial charge is 0.494 e. The predicted molar refractivity (Wildman–Crippen MR) is 70.5 cm³/mol. The fourth-order valence-electron chi connectivity index (χ4n) is 1.85. The normalized spacial score (nSPS) is 14.4. The summed E-state index contributed by atoms with van der Waals surface area (Å²) in [6.07, 6.45) is 0.146. The van der Waals surface area contributed by atoms with Crippen molar-refractivity contribution >= 4 is 0 Å². The maximum atomic E-state index is 5.44. The molecule has 3 heteroatoms. The summed E-state index contributed by atoms with van der Waals surface area (Å²) < 4.78 is 10.8. The predicted octanol–water partition coefficient (Wildman–Crippen LogP) is 2.77. The molecule has 1 aromatic carbocycles. The molecule has 0 aliphatic rings. The third-order valence-corrected chi connectivity index (χ3v) is 2.82. The first kappa shape index (κ1) is 14.0. The van der Waals surface area contributed by atoms with Gasteiger partial charge in [0.1, 0.15) is 5.75 Å². The molecule has 1 rings (SSSR count). The van der Waals surface area contributed by atoms with E-state index >= 15 is 0 Å². The van der Waals surface area contributed by atoms with Gasteiger partial charge < -0.3 is 14.8 Å². The van der Waals surface area contributed by atoms with Gasteiger partial charge in [-0.15, -0.1) is 0 Å². The highest BCUT2D eigenvalue weighted by Crippen LogP contribution is 2.21. The van der Waals surface area contributed by atoms with E-state index in [-0.39, 0.29) is 12.1 Å². The van der Waals surface area contributed by atoms with Crippen LogP contribution in [-0.2, 0) is 4.74 Å². The monoisotopic (exact) mass is 237 g/mol. The van der Waals surface area contributed by atoms with E-state index in [0.29, 0.717) is 6.61 Å². The Kier molecular flexibility index (Phi) is 6.01. The first-order valence-electron chi connectivity index (χ1n) is 6.21. The fourth-order valence-corrected chi connectivity index (χ4v) is 1.85. The maximum Gasteiger partial charge on any atom is 0.119 e. The molecule has 0 saturated heterocycles. The summed E-state index contributed by atoms with van der Waals surface area (Å²) in [6.45, 7) is 7.78.